The quantitative estimate of drug-likeness (QED) is 0.714. The Morgan fingerprint density at radius 2 is 1.90 bits per heavy atom. The molecule has 0 bridgehead atoms. The molecule has 1 amide bonds. The van der Waals surface area contributed by atoms with Crippen molar-refractivity contribution in [3.8, 4) is 17.0 Å². The number of aromatic nitrogens is 2. The molecule has 148 valence electrons. The number of nitrogens with zero attached hydrogens (tertiary/aromatic N) is 2. The molecule has 0 saturated heterocycles. The minimum atomic E-state index is -3.61. The zero-order valence-electron chi connectivity index (χ0n) is 15.7. The van der Waals surface area contributed by atoms with Crippen LogP contribution in [-0.4, -0.2) is 36.7 Å². The van der Waals surface area contributed by atoms with Crippen LogP contribution in [0.3, 0.4) is 0 Å². The van der Waals surface area contributed by atoms with Crippen molar-refractivity contribution in [2.75, 3.05) is 17.7 Å². The molecule has 1 unspecified atom stereocenters. The highest BCUT2D eigenvalue weighted by Gasteiger charge is 2.31. The fourth-order valence-electron chi connectivity index (χ4n) is 3.28. The summed E-state index contributed by atoms with van der Waals surface area (Å²) in [4.78, 5) is 19.7. The maximum atomic E-state index is 13.1. The highest BCUT2D eigenvalue weighted by molar-refractivity contribution is 7.91. The summed E-state index contributed by atoms with van der Waals surface area (Å²) in [6.45, 7) is 1.63. The van der Waals surface area contributed by atoms with Crippen LogP contribution in [0.15, 0.2) is 65.8 Å². The Morgan fingerprint density at radius 1 is 1.10 bits per heavy atom. The average molecular weight is 409 g/mol. The highest BCUT2D eigenvalue weighted by atomic mass is 32.2. The number of pyridine rings is 2. The van der Waals surface area contributed by atoms with Crippen LogP contribution in [0.2, 0.25) is 0 Å². The van der Waals surface area contributed by atoms with E-state index in [1.807, 2.05) is 30.3 Å². The van der Waals surface area contributed by atoms with Gasteiger partial charge in [0.1, 0.15) is 10.7 Å². The lowest BCUT2D eigenvalue weighted by molar-refractivity contribution is -0.114. The first kappa shape index (κ1) is 19.1. The van der Waals surface area contributed by atoms with Crippen LogP contribution in [-0.2, 0) is 14.6 Å². The molecule has 4 rings (SSSR count). The molecule has 0 aliphatic carbocycles. The fourth-order valence-corrected chi connectivity index (χ4v) is 4.96. The molecule has 0 radical (unpaired) electrons. The number of benzene rings is 1. The predicted octanol–water partition coefficient (Wildman–Crippen LogP) is 3.05. The van der Waals surface area contributed by atoms with E-state index < -0.39 is 9.84 Å². The standard InChI is InChI=1S/C21H19N3O4S/c1-14(25)24-20-10-16(7-8-22-20)17-9-19-21(23-11-17)28-12-18(13-29(19,26)27)15-5-3-2-4-6-15/h2-11,18H,12-13H2,1H3,(H,22,24,25). The topological polar surface area (TPSA) is 98.2 Å². The van der Waals surface area contributed by atoms with Crippen LogP contribution in [0.25, 0.3) is 11.1 Å². The Labute approximate surface area is 168 Å². The summed E-state index contributed by atoms with van der Waals surface area (Å²) in [7, 11) is -3.61. The van der Waals surface area contributed by atoms with Crippen molar-refractivity contribution < 1.29 is 17.9 Å². The zero-order valence-corrected chi connectivity index (χ0v) is 16.5. The Morgan fingerprint density at radius 3 is 2.66 bits per heavy atom. The van der Waals surface area contributed by atoms with Gasteiger partial charge in [0.05, 0.1) is 12.4 Å². The number of carbonyl (C=O) groups is 1. The van der Waals surface area contributed by atoms with E-state index in [9.17, 15) is 13.2 Å². The molecule has 1 atom stereocenters. The third-order valence-electron chi connectivity index (χ3n) is 4.66. The monoisotopic (exact) mass is 409 g/mol. The van der Waals surface area contributed by atoms with Crippen LogP contribution < -0.4 is 10.1 Å². The molecule has 0 saturated carbocycles. The number of fused-ring (bicyclic) bond motifs is 1. The Hall–Kier alpha value is -3.26. The van der Waals surface area contributed by atoms with Gasteiger partial charge in [0.15, 0.2) is 9.84 Å². The Kier molecular flexibility index (Phi) is 5.02. The van der Waals surface area contributed by atoms with Crippen LogP contribution >= 0.6 is 0 Å². The lowest BCUT2D eigenvalue weighted by atomic mass is 10.0. The van der Waals surface area contributed by atoms with E-state index in [0.717, 1.165) is 5.56 Å². The van der Waals surface area contributed by atoms with Crippen LogP contribution in [0, 0.1) is 0 Å². The third kappa shape index (κ3) is 4.12. The molecule has 7 nitrogen and oxygen atoms in total. The van der Waals surface area contributed by atoms with Gasteiger partial charge in [-0.15, -0.1) is 0 Å². The third-order valence-corrected chi connectivity index (χ3v) is 6.47. The second-order valence-electron chi connectivity index (χ2n) is 6.84. The molecule has 1 aromatic carbocycles. The van der Waals surface area contributed by atoms with Crippen LogP contribution in [0.4, 0.5) is 5.82 Å². The number of amides is 1. The molecule has 0 spiro atoms. The number of carbonyl (C=O) groups excluding carboxylic acids is 1. The van der Waals surface area contributed by atoms with Crippen molar-refractivity contribution in [1.82, 2.24) is 9.97 Å². The second kappa shape index (κ2) is 7.63. The fraction of sp³-hybridized carbons (Fsp3) is 0.190. The maximum absolute atomic E-state index is 13.1. The van der Waals surface area contributed by atoms with E-state index >= 15 is 0 Å². The highest BCUT2D eigenvalue weighted by Crippen LogP contribution is 2.34. The Bertz CT molecular complexity index is 1160. The van der Waals surface area contributed by atoms with Gasteiger partial charge in [0, 0.05) is 30.8 Å². The molecule has 3 aromatic rings. The maximum Gasteiger partial charge on any atom is 0.232 e. The number of hydrogen-bond donors (Lipinski definition) is 1. The van der Waals surface area contributed by atoms with Crippen molar-refractivity contribution >= 4 is 21.6 Å². The molecule has 3 heterocycles. The molecular formula is C21H19N3O4S. The van der Waals surface area contributed by atoms with Gasteiger partial charge < -0.3 is 10.1 Å². The van der Waals surface area contributed by atoms with Crippen molar-refractivity contribution in [2.24, 2.45) is 0 Å². The lowest BCUT2D eigenvalue weighted by Crippen LogP contribution is -2.16. The Balaban J connectivity index is 1.70. The van der Waals surface area contributed by atoms with Gasteiger partial charge in [0.25, 0.3) is 0 Å². The first-order valence-electron chi connectivity index (χ1n) is 9.07. The zero-order chi connectivity index (χ0) is 20.4. The van der Waals surface area contributed by atoms with E-state index in [0.29, 0.717) is 16.9 Å². The molecule has 8 heteroatoms. The van der Waals surface area contributed by atoms with E-state index in [2.05, 4.69) is 15.3 Å². The normalized spacial score (nSPS) is 17.5. The van der Waals surface area contributed by atoms with Gasteiger partial charge in [-0.25, -0.2) is 18.4 Å². The van der Waals surface area contributed by atoms with E-state index in [1.165, 1.54) is 6.92 Å². The van der Waals surface area contributed by atoms with Crippen LogP contribution in [0.1, 0.15) is 18.4 Å². The molecular weight excluding hydrogens is 390 g/mol. The molecule has 29 heavy (non-hydrogen) atoms. The molecule has 2 aromatic heterocycles. The summed E-state index contributed by atoms with van der Waals surface area (Å²) in [6, 6.07) is 14.4. The smallest absolute Gasteiger partial charge is 0.232 e. The summed E-state index contributed by atoms with van der Waals surface area (Å²) in [5.74, 6) is -0.0666. The van der Waals surface area contributed by atoms with Gasteiger partial charge in [-0.2, -0.15) is 0 Å². The SMILES string of the molecule is CC(=O)Nc1cc(-c2cnc3c(c2)S(=O)(=O)CC(c2ccccc2)CO3)ccn1. The number of rotatable bonds is 3. The number of anilines is 1. The average Bonchev–Trinajstić information content (AvgIpc) is 2.84. The number of sulfone groups is 1. The van der Waals surface area contributed by atoms with Gasteiger partial charge >= 0.3 is 0 Å². The van der Waals surface area contributed by atoms with Crippen molar-refractivity contribution in [3.63, 3.8) is 0 Å². The van der Waals surface area contributed by atoms with Crippen molar-refractivity contribution in [3.05, 3.63) is 66.5 Å². The van der Waals surface area contributed by atoms with Gasteiger partial charge in [-0.3, -0.25) is 4.79 Å². The van der Waals surface area contributed by atoms with Crippen LogP contribution in [0.5, 0.6) is 5.88 Å². The molecule has 0 fully saturated rings. The largest absolute Gasteiger partial charge is 0.476 e. The van der Waals surface area contributed by atoms with E-state index in [1.54, 1.807) is 30.6 Å². The predicted molar refractivity (Wildman–Crippen MR) is 109 cm³/mol. The number of ether oxygens (including phenoxy) is 1. The lowest BCUT2D eigenvalue weighted by Gasteiger charge is -2.13. The molecule has 1 aliphatic rings. The minimum Gasteiger partial charge on any atom is -0.476 e. The van der Waals surface area contributed by atoms with Crippen molar-refractivity contribution in [1.29, 1.82) is 0 Å². The molecule has 1 aliphatic heterocycles. The van der Waals surface area contributed by atoms with E-state index in [4.69, 9.17) is 4.74 Å². The van der Waals surface area contributed by atoms with Gasteiger partial charge in [-0.1, -0.05) is 30.3 Å². The van der Waals surface area contributed by atoms with Crippen molar-refractivity contribution in [2.45, 2.75) is 17.7 Å². The van der Waals surface area contributed by atoms with Gasteiger partial charge in [-0.05, 0) is 29.3 Å². The first-order valence-corrected chi connectivity index (χ1v) is 10.7. The van der Waals surface area contributed by atoms with E-state index in [-0.39, 0.29) is 35.0 Å². The number of nitrogens with one attached hydrogen (secondary N) is 1. The molecule has 1 N–H and O–H groups in total. The summed E-state index contributed by atoms with van der Waals surface area (Å²) < 4.78 is 31.9. The first-order chi connectivity index (χ1) is 13.9. The number of hydrogen-bond acceptors (Lipinski definition) is 6. The second-order valence-corrected chi connectivity index (χ2v) is 8.84. The summed E-state index contributed by atoms with van der Waals surface area (Å²) in [5.41, 5.74) is 2.21. The summed E-state index contributed by atoms with van der Waals surface area (Å²) >= 11 is 0. The summed E-state index contributed by atoms with van der Waals surface area (Å²) in [6.07, 6.45) is 3.10. The van der Waals surface area contributed by atoms with Gasteiger partial charge in [0.2, 0.25) is 11.8 Å². The minimum absolute atomic E-state index is 0.0529. The summed E-state index contributed by atoms with van der Waals surface area (Å²) in [5, 5.41) is 2.61.